The highest BCUT2D eigenvalue weighted by atomic mass is 16.6. The lowest BCUT2D eigenvalue weighted by Crippen LogP contribution is -2.48. The molecule has 0 amide bonds. The number of nitrogens with zero attached hydrogens (tertiary/aromatic N) is 4. The van der Waals surface area contributed by atoms with Gasteiger partial charge >= 0.3 is 0 Å². The van der Waals surface area contributed by atoms with E-state index < -0.39 is 24.0 Å². The van der Waals surface area contributed by atoms with Gasteiger partial charge in [0, 0.05) is 0 Å². The van der Waals surface area contributed by atoms with Crippen molar-refractivity contribution >= 4 is 17.0 Å². The van der Waals surface area contributed by atoms with Crippen LogP contribution in [0.5, 0.6) is 0 Å². The molecule has 0 spiro atoms. The molecule has 22 heavy (non-hydrogen) atoms. The minimum Gasteiger partial charge on any atom is -0.394 e. The van der Waals surface area contributed by atoms with Crippen LogP contribution in [0.3, 0.4) is 0 Å². The van der Waals surface area contributed by atoms with E-state index in [2.05, 4.69) is 15.0 Å². The Morgan fingerprint density at radius 2 is 2.14 bits per heavy atom. The Kier molecular flexibility index (Phi) is 2.89. The molecule has 9 heteroatoms. The number of aliphatic hydroxyl groups excluding tert-OH is 2. The van der Waals surface area contributed by atoms with Crippen LogP contribution in [-0.2, 0) is 4.74 Å². The normalized spacial score (nSPS) is 35.3. The van der Waals surface area contributed by atoms with E-state index in [0.29, 0.717) is 11.2 Å². The van der Waals surface area contributed by atoms with Gasteiger partial charge in [-0.3, -0.25) is 4.57 Å². The summed E-state index contributed by atoms with van der Waals surface area (Å²) in [6.07, 6.45) is 1.46. The molecular weight excluding hydrogens is 290 g/mol. The number of rotatable bonds is 3. The fraction of sp³-hybridized carbons (Fsp3) is 0.615. The third kappa shape index (κ3) is 1.70. The van der Waals surface area contributed by atoms with Gasteiger partial charge in [-0.15, -0.1) is 0 Å². The minimum absolute atomic E-state index is 0.0827. The number of fused-ring (bicyclic) bond motifs is 1. The van der Waals surface area contributed by atoms with E-state index in [-0.39, 0.29) is 18.3 Å². The lowest BCUT2D eigenvalue weighted by Gasteiger charge is -2.31. The van der Waals surface area contributed by atoms with Gasteiger partial charge < -0.3 is 25.8 Å². The summed E-state index contributed by atoms with van der Waals surface area (Å²) in [7, 11) is 0. The van der Waals surface area contributed by atoms with Crippen molar-refractivity contribution in [2.45, 2.75) is 36.9 Å². The van der Waals surface area contributed by atoms with Gasteiger partial charge in [0.15, 0.2) is 17.7 Å². The second-order valence-corrected chi connectivity index (χ2v) is 5.90. The Morgan fingerprint density at radius 3 is 2.82 bits per heavy atom. The Morgan fingerprint density at radius 1 is 1.36 bits per heavy atom. The van der Waals surface area contributed by atoms with Crippen molar-refractivity contribution < 1.29 is 20.1 Å². The fourth-order valence-corrected chi connectivity index (χ4v) is 3.25. The zero-order chi connectivity index (χ0) is 15.5. The molecule has 9 nitrogen and oxygen atoms in total. The number of nitrogens with two attached hydrogens (primary N) is 1. The average Bonchev–Trinajstić information content (AvgIpc) is 3.23. The summed E-state index contributed by atoms with van der Waals surface area (Å²) in [4.78, 5) is 12.2. The highest BCUT2D eigenvalue weighted by molar-refractivity contribution is 5.81. The molecule has 0 radical (unpaired) electrons. The van der Waals surface area contributed by atoms with Crippen LogP contribution in [0, 0.1) is 5.92 Å². The Bertz CT molecular complexity index is 718. The smallest absolute Gasteiger partial charge is 0.168 e. The van der Waals surface area contributed by atoms with Gasteiger partial charge in [0.05, 0.1) is 12.9 Å². The predicted molar refractivity (Wildman–Crippen MR) is 74.4 cm³/mol. The number of imidazole rings is 1. The van der Waals surface area contributed by atoms with Crippen molar-refractivity contribution in [1.82, 2.24) is 19.5 Å². The van der Waals surface area contributed by atoms with Gasteiger partial charge in [0.25, 0.3) is 0 Å². The molecule has 0 unspecified atom stereocenters. The second-order valence-electron chi connectivity index (χ2n) is 5.90. The van der Waals surface area contributed by atoms with Crippen LogP contribution >= 0.6 is 0 Å². The third-order valence-electron chi connectivity index (χ3n) is 4.58. The highest BCUT2D eigenvalue weighted by Gasteiger charge is 2.63. The van der Waals surface area contributed by atoms with Crippen molar-refractivity contribution in [3.05, 3.63) is 12.7 Å². The zero-order valence-corrected chi connectivity index (χ0v) is 11.7. The van der Waals surface area contributed by atoms with Gasteiger partial charge in [-0.1, -0.05) is 0 Å². The predicted octanol–water partition coefficient (Wildman–Crippen LogP) is -1.20. The summed E-state index contributed by atoms with van der Waals surface area (Å²) in [6, 6.07) is 0. The summed E-state index contributed by atoms with van der Waals surface area (Å²) in [5, 5.41) is 30.8. The molecule has 2 aliphatic rings. The first-order valence-electron chi connectivity index (χ1n) is 7.17. The Labute approximate surface area is 125 Å². The average molecular weight is 307 g/mol. The monoisotopic (exact) mass is 307 g/mol. The summed E-state index contributed by atoms with van der Waals surface area (Å²) in [5.74, 6) is 0.150. The van der Waals surface area contributed by atoms with Crippen LogP contribution in [0.15, 0.2) is 12.7 Å². The molecule has 0 bridgehead atoms. The summed E-state index contributed by atoms with van der Waals surface area (Å²) < 4.78 is 7.25. The highest BCUT2D eigenvalue weighted by Crippen LogP contribution is 2.52. The summed E-state index contributed by atoms with van der Waals surface area (Å²) in [6.45, 7) is -0.379. The SMILES string of the molecule is Nc1ncnc2c1ncn2[C@@H]1O[C@H](CO)[C@@H](O)[C@]1(O)C1CC1. The van der Waals surface area contributed by atoms with E-state index in [0.717, 1.165) is 12.8 Å². The van der Waals surface area contributed by atoms with E-state index in [1.54, 1.807) is 4.57 Å². The standard InChI is InChI=1S/C13H17N5O4/c14-10-8-11(16-4-15-10)18(5-17-8)12-13(21,6-1-2-6)9(20)7(3-19)22-12/h4-7,9,12,19-21H,1-3H2,(H2,14,15,16)/t7-,9-,12-,13-/m1/s1. The molecule has 1 saturated carbocycles. The summed E-state index contributed by atoms with van der Waals surface area (Å²) >= 11 is 0. The molecular formula is C13H17N5O4. The fourth-order valence-electron chi connectivity index (χ4n) is 3.25. The third-order valence-corrected chi connectivity index (χ3v) is 4.58. The van der Waals surface area contributed by atoms with Gasteiger partial charge in [0.1, 0.15) is 29.7 Å². The molecule has 4 atom stereocenters. The van der Waals surface area contributed by atoms with Crippen molar-refractivity contribution in [3.8, 4) is 0 Å². The van der Waals surface area contributed by atoms with Crippen molar-refractivity contribution in [2.24, 2.45) is 5.92 Å². The van der Waals surface area contributed by atoms with E-state index >= 15 is 0 Å². The van der Waals surface area contributed by atoms with E-state index in [4.69, 9.17) is 10.5 Å². The molecule has 1 aliphatic heterocycles. The minimum atomic E-state index is -1.49. The Hall–Kier alpha value is -1.81. The molecule has 2 aromatic heterocycles. The van der Waals surface area contributed by atoms with Gasteiger partial charge in [-0.2, -0.15) is 0 Å². The van der Waals surface area contributed by atoms with Gasteiger partial charge in [0.2, 0.25) is 0 Å². The number of anilines is 1. The molecule has 0 aromatic carbocycles. The number of aliphatic hydroxyl groups is 3. The number of nitrogen functional groups attached to an aromatic ring is 1. The molecule has 3 heterocycles. The Balaban J connectivity index is 1.84. The van der Waals surface area contributed by atoms with Gasteiger partial charge in [-0.05, 0) is 18.8 Å². The maximum Gasteiger partial charge on any atom is 0.168 e. The van der Waals surface area contributed by atoms with Crippen LogP contribution < -0.4 is 5.73 Å². The largest absolute Gasteiger partial charge is 0.394 e. The lowest BCUT2D eigenvalue weighted by molar-refractivity contribution is -0.121. The molecule has 1 saturated heterocycles. The maximum atomic E-state index is 11.1. The second kappa shape index (κ2) is 4.59. The molecule has 2 fully saturated rings. The quantitative estimate of drug-likeness (QED) is 0.554. The molecule has 4 rings (SSSR count). The lowest BCUT2D eigenvalue weighted by atomic mass is 9.89. The molecule has 1 aliphatic carbocycles. The van der Waals surface area contributed by atoms with Crippen LogP contribution in [0.4, 0.5) is 5.82 Å². The van der Waals surface area contributed by atoms with Crippen molar-refractivity contribution in [3.63, 3.8) is 0 Å². The van der Waals surface area contributed by atoms with Crippen LogP contribution in [0.25, 0.3) is 11.2 Å². The first-order chi connectivity index (χ1) is 10.6. The number of ether oxygens (including phenoxy) is 1. The number of hydrogen-bond acceptors (Lipinski definition) is 8. The van der Waals surface area contributed by atoms with E-state index in [1.165, 1.54) is 12.7 Å². The van der Waals surface area contributed by atoms with Gasteiger partial charge in [-0.25, -0.2) is 15.0 Å². The van der Waals surface area contributed by atoms with E-state index in [9.17, 15) is 15.3 Å². The maximum absolute atomic E-state index is 11.1. The van der Waals surface area contributed by atoms with Crippen LogP contribution in [0.2, 0.25) is 0 Å². The number of aromatic nitrogens is 4. The van der Waals surface area contributed by atoms with E-state index in [1.807, 2.05) is 0 Å². The van der Waals surface area contributed by atoms with Crippen molar-refractivity contribution in [1.29, 1.82) is 0 Å². The zero-order valence-electron chi connectivity index (χ0n) is 11.7. The first kappa shape index (κ1) is 13.8. The first-order valence-corrected chi connectivity index (χ1v) is 7.17. The molecule has 2 aromatic rings. The van der Waals surface area contributed by atoms with Crippen LogP contribution in [0.1, 0.15) is 19.1 Å². The summed E-state index contributed by atoms with van der Waals surface area (Å²) in [5.41, 5.74) is 5.11. The molecule has 5 N–H and O–H groups in total. The topological polar surface area (TPSA) is 140 Å². The van der Waals surface area contributed by atoms with Crippen LogP contribution in [-0.4, -0.2) is 59.3 Å². The number of hydrogen-bond donors (Lipinski definition) is 4. The molecule has 118 valence electrons. The van der Waals surface area contributed by atoms with Crippen molar-refractivity contribution in [2.75, 3.05) is 12.3 Å².